The lowest BCUT2D eigenvalue weighted by atomic mass is 9.92. The molecule has 6 atom stereocenters. The number of hydrogen-bond acceptors (Lipinski definition) is 7. The number of fused-ring (bicyclic) bond motifs is 1. The summed E-state index contributed by atoms with van der Waals surface area (Å²) in [5.41, 5.74) is 0.564. The summed E-state index contributed by atoms with van der Waals surface area (Å²) in [6.07, 6.45) is -3.59. The summed E-state index contributed by atoms with van der Waals surface area (Å²) in [4.78, 5) is 4.36. The van der Waals surface area contributed by atoms with Crippen LogP contribution in [0.3, 0.4) is 0 Å². The lowest BCUT2D eigenvalue weighted by Gasteiger charge is -2.40. The average Bonchev–Trinajstić information content (AvgIpc) is 2.95. The number of hydrogen-bond donors (Lipinski definition) is 4. The SMILES string of the molecule is CCNC1=N[C@@H]2[C@@H](O)[C@H](O)[C@@H](C(O)Cc3ccccc3)O[C@@H]2S1. The fourth-order valence-corrected chi connectivity index (χ4v) is 4.09. The van der Waals surface area contributed by atoms with Crippen molar-refractivity contribution < 1.29 is 20.1 Å². The van der Waals surface area contributed by atoms with Crippen molar-refractivity contribution in [2.45, 2.75) is 49.2 Å². The third-order valence-corrected chi connectivity index (χ3v) is 5.19. The van der Waals surface area contributed by atoms with E-state index >= 15 is 0 Å². The monoisotopic (exact) mass is 338 g/mol. The normalized spacial score (nSPS) is 34.6. The largest absolute Gasteiger partial charge is 0.390 e. The van der Waals surface area contributed by atoms with Gasteiger partial charge in [-0.05, 0) is 12.5 Å². The molecule has 0 radical (unpaired) electrons. The number of aliphatic hydroxyl groups is 3. The van der Waals surface area contributed by atoms with Crippen LogP contribution in [0.25, 0.3) is 0 Å². The molecule has 1 aromatic carbocycles. The Morgan fingerprint density at radius 3 is 2.70 bits per heavy atom. The zero-order valence-corrected chi connectivity index (χ0v) is 13.7. The molecule has 1 aromatic rings. The molecule has 23 heavy (non-hydrogen) atoms. The van der Waals surface area contributed by atoms with Gasteiger partial charge in [0.25, 0.3) is 0 Å². The van der Waals surface area contributed by atoms with Crippen LogP contribution < -0.4 is 5.32 Å². The minimum absolute atomic E-state index is 0.359. The van der Waals surface area contributed by atoms with Gasteiger partial charge in [-0.1, -0.05) is 42.1 Å². The Morgan fingerprint density at radius 1 is 1.26 bits per heavy atom. The van der Waals surface area contributed by atoms with Gasteiger partial charge in [0.1, 0.15) is 29.8 Å². The highest BCUT2D eigenvalue weighted by Crippen LogP contribution is 2.37. The lowest BCUT2D eigenvalue weighted by molar-refractivity contribution is -0.184. The van der Waals surface area contributed by atoms with Crippen molar-refractivity contribution in [3.63, 3.8) is 0 Å². The summed E-state index contributed by atoms with van der Waals surface area (Å²) in [5, 5.41) is 34.9. The minimum atomic E-state index is -1.17. The second-order valence-electron chi connectivity index (χ2n) is 5.78. The van der Waals surface area contributed by atoms with E-state index in [4.69, 9.17) is 4.74 Å². The van der Waals surface area contributed by atoms with Gasteiger partial charge in [-0.3, -0.25) is 4.99 Å². The van der Waals surface area contributed by atoms with Gasteiger partial charge in [-0.2, -0.15) is 0 Å². The molecule has 0 saturated carbocycles. The number of aliphatic imine (C=N–C) groups is 1. The molecule has 4 N–H and O–H groups in total. The fourth-order valence-electron chi connectivity index (χ4n) is 2.91. The maximum absolute atomic E-state index is 10.4. The van der Waals surface area contributed by atoms with Crippen LogP contribution in [0, 0.1) is 0 Å². The van der Waals surface area contributed by atoms with E-state index in [9.17, 15) is 15.3 Å². The van der Waals surface area contributed by atoms with Crippen LogP contribution in [0.1, 0.15) is 12.5 Å². The van der Waals surface area contributed by atoms with E-state index in [1.165, 1.54) is 11.8 Å². The van der Waals surface area contributed by atoms with Crippen molar-refractivity contribution in [2.24, 2.45) is 4.99 Å². The van der Waals surface area contributed by atoms with Gasteiger partial charge in [0.2, 0.25) is 0 Å². The van der Waals surface area contributed by atoms with Crippen molar-refractivity contribution in [2.75, 3.05) is 6.54 Å². The van der Waals surface area contributed by atoms with Crippen LogP contribution in [0.15, 0.2) is 35.3 Å². The number of ether oxygens (including phenoxy) is 1. The highest BCUT2D eigenvalue weighted by Gasteiger charge is 2.50. The van der Waals surface area contributed by atoms with Crippen LogP contribution in [0.5, 0.6) is 0 Å². The summed E-state index contributed by atoms with van der Waals surface area (Å²) in [6.45, 7) is 2.69. The molecule has 7 heteroatoms. The van der Waals surface area contributed by atoms with E-state index in [0.29, 0.717) is 11.6 Å². The molecule has 2 heterocycles. The Morgan fingerprint density at radius 2 is 2.00 bits per heavy atom. The predicted molar refractivity (Wildman–Crippen MR) is 89.3 cm³/mol. The summed E-state index contributed by atoms with van der Waals surface area (Å²) in [6, 6.07) is 9.01. The van der Waals surface area contributed by atoms with Crippen molar-refractivity contribution in [3.05, 3.63) is 35.9 Å². The van der Waals surface area contributed by atoms with E-state index in [1.54, 1.807) is 0 Å². The van der Waals surface area contributed by atoms with Gasteiger partial charge < -0.3 is 25.4 Å². The molecule has 126 valence electrons. The highest BCUT2D eigenvalue weighted by atomic mass is 32.2. The van der Waals surface area contributed by atoms with Crippen LogP contribution in [-0.4, -0.2) is 62.9 Å². The molecule has 0 aliphatic carbocycles. The number of nitrogens with one attached hydrogen (secondary N) is 1. The van der Waals surface area contributed by atoms with Gasteiger partial charge in [0, 0.05) is 13.0 Å². The Hall–Kier alpha value is -1.12. The van der Waals surface area contributed by atoms with Crippen LogP contribution in [-0.2, 0) is 11.2 Å². The van der Waals surface area contributed by atoms with E-state index in [1.807, 2.05) is 37.3 Å². The topological polar surface area (TPSA) is 94.3 Å². The van der Waals surface area contributed by atoms with Gasteiger partial charge in [0.15, 0.2) is 5.17 Å². The quantitative estimate of drug-likeness (QED) is 0.623. The molecule has 1 unspecified atom stereocenters. The Kier molecular flexibility index (Phi) is 5.23. The van der Waals surface area contributed by atoms with Crippen molar-refractivity contribution >= 4 is 16.9 Å². The zero-order valence-electron chi connectivity index (χ0n) is 12.9. The van der Waals surface area contributed by atoms with Gasteiger partial charge in [-0.15, -0.1) is 0 Å². The summed E-state index contributed by atoms with van der Waals surface area (Å²) >= 11 is 1.39. The maximum Gasteiger partial charge on any atom is 0.159 e. The second-order valence-corrected chi connectivity index (χ2v) is 6.87. The van der Waals surface area contributed by atoms with Gasteiger partial charge >= 0.3 is 0 Å². The first-order valence-electron chi connectivity index (χ1n) is 7.82. The standard InChI is InChI=1S/C16H22N2O4S/c1-2-17-16-18-11-12(20)13(21)14(22-15(11)23-16)10(19)8-9-6-4-3-5-7-9/h3-7,10-15,19-21H,2,8H2,1H3,(H,17,18)/t10?,11-,12-,13+,14-,15-/m1/s1. The first-order chi connectivity index (χ1) is 11.1. The maximum atomic E-state index is 10.4. The van der Waals surface area contributed by atoms with E-state index in [2.05, 4.69) is 10.3 Å². The molecular formula is C16H22N2O4S. The molecule has 1 saturated heterocycles. The molecular weight excluding hydrogens is 316 g/mol. The molecule has 2 aliphatic rings. The molecule has 0 aromatic heterocycles. The van der Waals surface area contributed by atoms with Crippen molar-refractivity contribution in [1.82, 2.24) is 5.32 Å². The summed E-state index contributed by atoms with van der Waals surface area (Å²) < 4.78 is 5.85. The van der Waals surface area contributed by atoms with Crippen LogP contribution >= 0.6 is 11.8 Å². The summed E-state index contributed by atoms with van der Waals surface area (Å²) in [5.74, 6) is 0. The molecule has 1 fully saturated rings. The first-order valence-corrected chi connectivity index (χ1v) is 8.70. The smallest absolute Gasteiger partial charge is 0.159 e. The number of thioether (sulfide) groups is 1. The fraction of sp³-hybridized carbons (Fsp3) is 0.562. The van der Waals surface area contributed by atoms with E-state index in [0.717, 1.165) is 12.1 Å². The predicted octanol–water partition coefficient (Wildman–Crippen LogP) is 0.118. The molecule has 3 rings (SSSR count). The number of rotatable bonds is 4. The average molecular weight is 338 g/mol. The second kappa shape index (κ2) is 7.19. The number of aliphatic hydroxyl groups excluding tert-OH is 3. The van der Waals surface area contributed by atoms with E-state index in [-0.39, 0.29) is 0 Å². The number of nitrogens with zero attached hydrogens (tertiary/aromatic N) is 1. The van der Waals surface area contributed by atoms with Crippen molar-refractivity contribution in [3.8, 4) is 0 Å². The lowest BCUT2D eigenvalue weighted by Crippen LogP contribution is -2.58. The Bertz CT molecular complexity index is 556. The Balaban J connectivity index is 1.68. The zero-order chi connectivity index (χ0) is 16.4. The Labute approximate surface area is 139 Å². The number of benzene rings is 1. The number of amidine groups is 1. The van der Waals surface area contributed by atoms with Gasteiger partial charge in [-0.25, -0.2) is 0 Å². The first kappa shape index (κ1) is 16.7. The van der Waals surface area contributed by atoms with Gasteiger partial charge in [0.05, 0.1) is 6.10 Å². The van der Waals surface area contributed by atoms with Crippen LogP contribution in [0.4, 0.5) is 0 Å². The third kappa shape index (κ3) is 3.54. The summed E-state index contributed by atoms with van der Waals surface area (Å²) in [7, 11) is 0. The minimum Gasteiger partial charge on any atom is -0.390 e. The molecule has 6 nitrogen and oxygen atoms in total. The van der Waals surface area contributed by atoms with Crippen LogP contribution in [0.2, 0.25) is 0 Å². The molecule has 2 aliphatic heterocycles. The van der Waals surface area contributed by atoms with Crippen molar-refractivity contribution in [1.29, 1.82) is 0 Å². The highest BCUT2D eigenvalue weighted by molar-refractivity contribution is 8.14. The molecule has 0 bridgehead atoms. The van der Waals surface area contributed by atoms with E-state index < -0.39 is 35.9 Å². The molecule has 0 spiro atoms. The molecule has 0 amide bonds. The third-order valence-electron chi connectivity index (χ3n) is 4.10.